The Bertz CT molecular complexity index is 693. The Labute approximate surface area is 143 Å². The number of carboxylic acid groups (broad SMARTS) is 1. The average Bonchev–Trinajstić information content (AvgIpc) is 2.88. The second kappa shape index (κ2) is 7.58. The highest BCUT2D eigenvalue weighted by molar-refractivity contribution is 6.00. The summed E-state index contributed by atoms with van der Waals surface area (Å²) in [5.74, 6) is -4.55. The maximum atomic E-state index is 13.9. The van der Waals surface area contributed by atoms with Crippen LogP contribution in [0.15, 0.2) is 18.2 Å². The van der Waals surface area contributed by atoms with Gasteiger partial charge in [-0.15, -0.1) is 0 Å². The van der Waals surface area contributed by atoms with Crippen molar-refractivity contribution in [2.24, 2.45) is 11.8 Å². The zero-order chi connectivity index (χ0) is 18.7. The fourth-order valence-corrected chi connectivity index (χ4v) is 2.80. The Kier molecular flexibility index (Phi) is 5.71. The number of nitrogens with zero attached hydrogens (tertiary/aromatic N) is 1. The molecule has 1 aromatic carbocycles. The van der Waals surface area contributed by atoms with Gasteiger partial charge in [-0.3, -0.25) is 9.59 Å². The van der Waals surface area contributed by atoms with Gasteiger partial charge in [0.25, 0.3) is 0 Å². The Morgan fingerprint density at radius 1 is 1.36 bits per heavy atom. The first kappa shape index (κ1) is 18.8. The van der Waals surface area contributed by atoms with E-state index in [0.717, 1.165) is 17.0 Å². The van der Waals surface area contributed by atoms with Gasteiger partial charge in [0, 0.05) is 19.0 Å². The lowest BCUT2D eigenvalue weighted by Crippen LogP contribution is -2.44. The van der Waals surface area contributed by atoms with E-state index in [4.69, 9.17) is 0 Å². The van der Waals surface area contributed by atoms with Crippen LogP contribution in [0.4, 0.5) is 14.5 Å². The largest absolute Gasteiger partial charge is 0.480 e. The third kappa shape index (κ3) is 4.52. The molecular weight excluding hydrogens is 334 g/mol. The fourth-order valence-electron chi connectivity index (χ4n) is 2.80. The number of aliphatic carboxylic acids is 1. The number of anilines is 1. The van der Waals surface area contributed by atoms with Crippen LogP contribution in [-0.4, -0.2) is 35.5 Å². The molecule has 0 aliphatic carbocycles. The van der Waals surface area contributed by atoms with Crippen LogP contribution in [0.1, 0.15) is 26.7 Å². The number of carbonyl (C=O) groups excluding carboxylic acids is 2. The minimum atomic E-state index is -1.15. The molecule has 1 heterocycles. The van der Waals surface area contributed by atoms with Gasteiger partial charge in [0.05, 0.1) is 11.6 Å². The molecule has 2 N–H and O–H groups in total. The number of rotatable bonds is 6. The smallest absolute Gasteiger partial charge is 0.326 e. The molecule has 2 amide bonds. The third-order valence-electron chi connectivity index (χ3n) is 4.02. The molecule has 1 aromatic rings. The van der Waals surface area contributed by atoms with Gasteiger partial charge in [0.1, 0.15) is 17.7 Å². The molecule has 1 aliphatic rings. The molecule has 1 aliphatic heterocycles. The summed E-state index contributed by atoms with van der Waals surface area (Å²) in [5.41, 5.74) is -0.0985. The Morgan fingerprint density at radius 2 is 2.04 bits per heavy atom. The van der Waals surface area contributed by atoms with Crippen molar-refractivity contribution in [3.05, 3.63) is 29.8 Å². The lowest BCUT2D eigenvalue weighted by atomic mass is 10.0. The van der Waals surface area contributed by atoms with Gasteiger partial charge in [-0.25, -0.2) is 13.6 Å². The van der Waals surface area contributed by atoms with Crippen molar-refractivity contribution in [2.45, 2.75) is 32.7 Å². The quantitative estimate of drug-likeness (QED) is 0.817. The fraction of sp³-hybridized carbons (Fsp3) is 0.471. The molecule has 0 bridgehead atoms. The van der Waals surface area contributed by atoms with Crippen molar-refractivity contribution >= 4 is 23.5 Å². The number of nitrogens with one attached hydrogen (secondary N) is 1. The summed E-state index contributed by atoms with van der Waals surface area (Å²) in [5, 5.41) is 11.6. The minimum Gasteiger partial charge on any atom is -0.480 e. The van der Waals surface area contributed by atoms with Gasteiger partial charge in [-0.05, 0) is 24.5 Å². The van der Waals surface area contributed by atoms with E-state index in [1.54, 1.807) is 0 Å². The molecule has 2 atom stereocenters. The van der Waals surface area contributed by atoms with E-state index in [-0.39, 0.29) is 31.0 Å². The van der Waals surface area contributed by atoms with E-state index in [0.29, 0.717) is 6.07 Å². The van der Waals surface area contributed by atoms with Crippen LogP contribution in [0.3, 0.4) is 0 Å². The molecule has 8 heteroatoms. The Hall–Kier alpha value is -2.51. The van der Waals surface area contributed by atoms with Crippen LogP contribution in [0.25, 0.3) is 0 Å². The molecular formula is C17H20F2N2O4. The number of hydrogen-bond acceptors (Lipinski definition) is 3. The third-order valence-corrected chi connectivity index (χ3v) is 4.02. The minimum absolute atomic E-state index is 0.0661. The molecule has 2 rings (SSSR count). The maximum absolute atomic E-state index is 13.9. The van der Waals surface area contributed by atoms with Gasteiger partial charge >= 0.3 is 5.97 Å². The van der Waals surface area contributed by atoms with Crippen molar-refractivity contribution in [2.75, 3.05) is 11.4 Å². The van der Waals surface area contributed by atoms with Crippen molar-refractivity contribution in [3.8, 4) is 0 Å². The normalized spacial score (nSPS) is 18.5. The Balaban J connectivity index is 2.08. The van der Waals surface area contributed by atoms with Crippen molar-refractivity contribution < 1.29 is 28.3 Å². The van der Waals surface area contributed by atoms with E-state index in [1.165, 1.54) is 0 Å². The van der Waals surface area contributed by atoms with Gasteiger partial charge < -0.3 is 15.3 Å². The van der Waals surface area contributed by atoms with Crippen LogP contribution >= 0.6 is 0 Å². The van der Waals surface area contributed by atoms with Crippen LogP contribution in [0.5, 0.6) is 0 Å². The van der Waals surface area contributed by atoms with Crippen molar-refractivity contribution in [3.63, 3.8) is 0 Å². The number of hydrogen-bond donors (Lipinski definition) is 2. The summed E-state index contributed by atoms with van der Waals surface area (Å²) in [6, 6.07) is 1.79. The summed E-state index contributed by atoms with van der Waals surface area (Å²) in [6.07, 6.45) is 0.106. The number of halogens is 2. The van der Waals surface area contributed by atoms with E-state index in [9.17, 15) is 28.3 Å². The number of amides is 2. The van der Waals surface area contributed by atoms with Gasteiger partial charge in [0.15, 0.2) is 0 Å². The highest BCUT2D eigenvalue weighted by Gasteiger charge is 2.37. The second-order valence-electron chi connectivity index (χ2n) is 6.53. The highest BCUT2D eigenvalue weighted by Crippen LogP contribution is 2.28. The number of carbonyl (C=O) groups is 3. The topological polar surface area (TPSA) is 86.7 Å². The standard InChI is InChI=1S/C17H20F2N2O4/c1-9(2)5-13(17(24)25)20-16(23)10-6-15(22)21(8-10)14-4-3-11(18)7-12(14)19/h3-4,7,9-10,13H,5-6,8H2,1-2H3,(H,20,23)(H,24,25). The summed E-state index contributed by atoms with van der Waals surface area (Å²) in [4.78, 5) is 36.7. The summed E-state index contributed by atoms with van der Waals surface area (Å²) >= 11 is 0. The first-order valence-corrected chi connectivity index (χ1v) is 7.97. The molecule has 1 saturated heterocycles. The van der Waals surface area contributed by atoms with Crippen LogP contribution in [0, 0.1) is 23.5 Å². The van der Waals surface area contributed by atoms with Crippen LogP contribution < -0.4 is 10.2 Å². The monoisotopic (exact) mass is 354 g/mol. The van der Waals surface area contributed by atoms with E-state index >= 15 is 0 Å². The molecule has 0 spiro atoms. The zero-order valence-electron chi connectivity index (χ0n) is 14.0. The molecule has 136 valence electrons. The van der Waals surface area contributed by atoms with Gasteiger partial charge in [0.2, 0.25) is 11.8 Å². The van der Waals surface area contributed by atoms with Crippen LogP contribution in [-0.2, 0) is 14.4 Å². The molecule has 6 nitrogen and oxygen atoms in total. The van der Waals surface area contributed by atoms with E-state index in [2.05, 4.69) is 5.32 Å². The predicted molar refractivity (Wildman–Crippen MR) is 85.8 cm³/mol. The Morgan fingerprint density at radius 3 is 2.60 bits per heavy atom. The van der Waals surface area contributed by atoms with Crippen molar-refractivity contribution in [1.82, 2.24) is 5.32 Å². The first-order valence-electron chi connectivity index (χ1n) is 7.97. The van der Waals surface area contributed by atoms with E-state index in [1.807, 2.05) is 13.8 Å². The lowest BCUT2D eigenvalue weighted by molar-refractivity contribution is -0.142. The summed E-state index contributed by atoms with van der Waals surface area (Å²) < 4.78 is 26.8. The molecule has 0 saturated carbocycles. The second-order valence-corrected chi connectivity index (χ2v) is 6.53. The molecule has 0 aromatic heterocycles. The van der Waals surface area contributed by atoms with E-state index < -0.39 is 41.4 Å². The zero-order valence-corrected chi connectivity index (χ0v) is 14.0. The molecule has 2 unspecified atom stereocenters. The summed E-state index contributed by atoms with van der Waals surface area (Å²) in [6.45, 7) is 3.59. The van der Waals surface area contributed by atoms with Gasteiger partial charge in [-0.1, -0.05) is 13.8 Å². The summed E-state index contributed by atoms with van der Waals surface area (Å²) in [7, 11) is 0. The molecule has 1 fully saturated rings. The van der Waals surface area contributed by atoms with Crippen molar-refractivity contribution in [1.29, 1.82) is 0 Å². The number of carboxylic acids is 1. The molecule has 25 heavy (non-hydrogen) atoms. The number of benzene rings is 1. The lowest BCUT2D eigenvalue weighted by Gasteiger charge is -2.20. The predicted octanol–water partition coefficient (Wildman–Crippen LogP) is 1.93. The molecule has 0 radical (unpaired) electrons. The SMILES string of the molecule is CC(C)CC(NC(=O)C1CC(=O)N(c2ccc(F)cc2F)C1)C(=O)O. The first-order chi connectivity index (χ1) is 11.7. The van der Waals surface area contributed by atoms with Crippen LogP contribution in [0.2, 0.25) is 0 Å². The maximum Gasteiger partial charge on any atom is 0.326 e. The van der Waals surface area contributed by atoms with Gasteiger partial charge in [-0.2, -0.15) is 0 Å². The average molecular weight is 354 g/mol. The highest BCUT2D eigenvalue weighted by atomic mass is 19.1.